The Kier molecular flexibility index (Phi) is 7.40. The fraction of sp³-hybridized carbons (Fsp3) is 0.700. The van der Waals surface area contributed by atoms with Crippen LogP contribution in [0.5, 0.6) is 0 Å². The lowest BCUT2D eigenvalue weighted by Crippen LogP contribution is -2.46. The van der Waals surface area contributed by atoms with Gasteiger partial charge in [0.2, 0.25) is 5.78 Å². The van der Waals surface area contributed by atoms with Crippen LogP contribution in [0.1, 0.15) is 80.6 Å². The highest BCUT2D eigenvalue weighted by Crippen LogP contribution is 2.62. The number of fused-ring (bicyclic) bond motifs is 2. The molecule has 6 heteroatoms. The van der Waals surface area contributed by atoms with E-state index in [-0.39, 0.29) is 53.0 Å². The van der Waals surface area contributed by atoms with Crippen LogP contribution in [0, 0.1) is 29.1 Å². The highest BCUT2D eigenvalue weighted by molar-refractivity contribution is 6.03. The second-order valence-electron chi connectivity index (χ2n) is 12.1. The molecule has 1 aliphatic heterocycles. The van der Waals surface area contributed by atoms with E-state index in [0.717, 1.165) is 24.8 Å². The van der Waals surface area contributed by atoms with Gasteiger partial charge in [-0.2, -0.15) is 0 Å². The average molecular weight is 499 g/mol. The molecule has 0 spiro atoms. The van der Waals surface area contributed by atoms with E-state index in [0.29, 0.717) is 18.4 Å². The summed E-state index contributed by atoms with van der Waals surface area (Å²) in [7, 11) is 0. The molecular formula is C30H42O6. The molecule has 8 unspecified atom stereocenters. The van der Waals surface area contributed by atoms with Gasteiger partial charge in [0.05, 0.1) is 6.10 Å². The number of ketones is 1. The van der Waals surface area contributed by atoms with Crippen molar-refractivity contribution < 1.29 is 28.6 Å². The quantitative estimate of drug-likeness (QED) is 0.208. The molecule has 0 bridgehead atoms. The molecule has 4 aliphatic rings. The normalized spacial score (nSPS) is 39.3. The summed E-state index contributed by atoms with van der Waals surface area (Å²) < 4.78 is 17.5. The summed E-state index contributed by atoms with van der Waals surface area (Å²) in [5.41, 5.74) is 0.352. The molecule has 0 aromatic carbocycles. The third-order valence-electron chi connectivity index (χ3n) is 8.86. The first-order valence-electron chi connectivity index (χ1n) is 13.5. The zero-order valence-electron chi connectivity index (χ0n) is 22.8. The van der Waals surface area contributed by atoms with Gasteiger partial charge < -0.3 is 14.2 Å². The Balaban J connectivity index is 1.64. The number of carbonyl (C=O) groups is 3. The Bertz CT molecular complexity index is 1000. The Morgan fingerprint density at radius 1 is 1.19 bits per heavy atom. The van der Waals surface area contributed by atoms with Gasteiger partial charge in [-0.15, -0.1) is 0 Å². The number of rotatable bonds is 6. The molecule has 8 atom stereocenters. The van der Waals surface area contributed by atoms with Crippen LogP contribution in [0.15, 0.2) is 35.5 Å². The first-order valence-corrected chi connectivity index (χ1v) is 13.5. The highest BCUT2D eigenvalue weighted by atomic mass is 16.6. The van der Waals surface area contributed by atoms with Gasteiger partial charge in [-0.3, -0.25) is 9.59 Å². The average Bonchev–Trinajstić information content (AvgIpc) is 3.60. The number of carbonyl (C=O) groups excluding carboxylic acids is 3. The molecule has 0 amide bonds. The fourth-order valence-corrected chi connectivity index (χ4v) is 6.68. The van der Waals surface area contributed by atoms with Gasteiger partial charge in [-0.1, -0.05) is 46.3 Å². The van der Waals surface area contributed by atoms with Crippen LogP contribution in [0.3, 0.4) is 0 Å². The van der Waals surface area contributed by atoms with Crippen molar-refractivity contribution in [3.05, 3.63) is 35.5 Å². The van der Waals surface area contributed by atoms with Gasteiger partial charge in [-0.25, -0.2) is 4.79 Å². The largest absolute Gasteiger partial charge is 0.455 e. The third kappa shape index (κ3) is 5.25. The first kappa shape index (κ1) is 26.8. The molecule has 3 fully saturated rings. The van der Waals surface area contributed by atoms with Crippen LogP contribution in [-0.2, 0) is 28.6 Å². The molecule has 0 N–H and O–H groups in total. The lowest BCUT2D eigenvalue weighted by Gasteiger charge is -2.33. The van der Waals surface area contributed by atoms with Crippen molar-refractivity contribution in [2.45, 2.75) is 104 Å². The third-order valence-corrected chi connectivity index (χ3v) is 8.86. The van der Waals surface area contributed by atoms with Crippen LogP contribution in [-0.4, -0.2) is 41.6 Å². The van der Waals surface area contributed by atoms with Crippen molar-refractivity contribution in [2.24, 2.45) is 29.1 Å². The van der Waals surface area contributed by atoms with Crippen LogP contribution in [0.4, 0.5) is 0 Å². The Morgan fingerprint density at radius 2 is 1.92 bits per heavy atom. The molecule has 198 valence electrons. The number of ether oxygens (including phenoxy) is 3. The van der Waals surface area contributed by atoms with Crippen molar-refractivity contribution in [1.29, 1.82) is 0 Å². The molecule has 2 saturated carbocycles. The number of hydrogen-bond acceptors (Lipinski definition) is 6. The number of esters is 2. The summed E-state index contributed by atoms with van der Waals surface area (Å²) in [5, 5.41) is 0. The van der Waals surface area contributed by atoms with E-state index in [4.69, 9.17) is 14.2 Å². The molecule has 36 heavy (non-hydrogen) atoms. The predicted molar refractivity (Wildman–Crippen MR) is 137 cm³/mol. The van der Waals surface area contributed by atoms with Crippen molar-refractivity contribution in [1.82, 2.24) is 0 Å². The maximum atomic E-state index is 13.8. The van der Waals surface area contributed by atoms with Crippen LogP contribution >= 0.6 is 0 Å². The van der Waals surface area contributed by atoms with Crippen molar-refractivity contribution >= 4 is 17.7 Å². The SMILES string of the molecule is CCCC1OC1C=CC(=O)OC1CC2C(C=C(C)C(=O)C3(OC(C)=O)CC(C)CC3C=C1C)C2(C)C. The van der Waals surface area contributed by atoms with E-state index >= 15 is 0 Å². The summed E-state index contributed by atoms with van der Waals surface area (Å²) in [6, 6.07) is 0. The van der Waals surface area contributed by atoms with E-state index in [1.165, 1.54) is 13.0 Å². The molecular weight excluding hydrogens is 456 g/mol. The predicted octanol–water partition coefficient (Wildman–Crippen LogP) is 5.51. The molecule has 0 radical (unpaired) electrons. The standard InChI is InChI=1S/C30H42O6/c1-8-9-24-25(34-24)10-11-27(32)35-26-15-23-22(29(23,6)7)14-19(4)28(33)30(36-20(5)31)16-17(2)12-21(30)13-18(26)3/h10-11,13-14,17,21-26H,8-9,12,15-16H2,1-7H3. The smallest absolute Gasteiger partial charge is 0.331 e. The monoisotopic (exact) mass is 498 g/mol. The fourth-order valence-electron chi connectivity index (χ4n) is 6.68. The van der Waals surface area contributed by atoms with E-state index in [1.807, 2.05) is 19.9 Å². The van der Waals surface area contributed by atoms with Crippen LogP contribution in [0.25, 0.3) is 0 Å². The van der Waals surface area contributed by atoms with E-state index in [1.54, 1.807) is 6.08 Å². The summed E-state index contributed by atoms with van der Waals surface area (Å²) in [4.78, 5) is 38.9. The van der Waals surface area contributed by atoms with E-state index in [2.05, 4.69) is 33.8 Å². The summed E-state index contributed by atoms with van der Waals surface area (Å²) in [6.07, 6.45) is 11.2. The van der Waals surface area contributed by atoms with Gasteiger partial charge in [-0.05, 0) is 79.9 Å². The maximum absolute atomic E-state index is 13.8. The zero-order chi connectivity index (χ0) is 26.4. The summed E-state index contributed by atoms with van der Waals surface area (Å²) >= 11 is 0. The first-order chi connectivity index (χ1) is 16.9. The number of allylic oxidation sites excluding steroid dienone is 1. The minimum Gasteiger partial charge on any atom is -0.455 e. The molecule has 6 nitrogen and oxygen atoms in total. The number of hydrogen-bond donors (Lipinski definition) is 0. The van der Waals surface area contributed by atoms with Gasteiger partial charge in [0.1, 0.15) is 12.2 Å². The minimum atomic E-state index is -1.21. The number of epoxide rings is 1. The molecule has 0 aromatic heterocycles. The van der Waals surface area contributed by atoms with Gasteiger partial charge in [0.15, 0.2) is 5.60 Å². The molecule has 1 saturated heterocycles. The Morgan fingerprint density at radius 3 is 2.58 bits per heavy atom. The van der Waals surface area contributed by atoms with E-state index in [9.17, 15) is 14.4 Å². The molecule has 0 aromatic rings. The number of Topliss-reactive ketones (excluding diaryl/α,β-unsaturated/α-hetero) is 1. The van der Waals surface area contributed by atoms with Gasteiger partial charge >= 0.3 is 11.9 Å². The molecule has 3 aliphatic carbocycles. The lowest BCUT2D eigenvalue weighted by molar-refractivity contribution is -0.166. The molecule has 1 heterocycles. The van der Waals surface area contributed by atoms with Crippen LogP contribution in [0.2, 0.25) is 0 Å². The van der Waals surface area contributed by atoms with Gasteiger partial charge in [0, 0.05) is 18.9 Å². The lowest BCUT2D eigenvalue weighted by atomic mass is 9.81. The summed E-state index contributed by atoms with van der Waals surface area (Å²) in [6.45, 7) is 13.8. The maximum Gasteiger partial charge on any atom is 0.331 e. The van der Waals surface area contributed by atoms with Crippen LogP contribution < -0.4 is 0 Å². The Labute approximate surface area is 215 Å². The Hall–Kier alpha value is -2.21. The summed E-state index contributed by atoms with van der Waals surface area (Å²) in [5.74, 6) is -0.474. The highest BCUT2D eigenvalue weighted by Gasteiger charge is 2.59. The second kappa shape index (κ2) is 9.92. The van der Waals surface area contributed by atoms with Crippen molar-refractivity contribution in [2.75, 3.05) is 0 Å². The van der Waals surface area contributed by atoms with E-state index < -0.39 is 17.7 Å². The van der Waals surface area contributed by atoms with Crippen molar-refractivity contribution in [3.63, 3.8) is 0 Å². The molecule has 4 rings (SSSR count). The topological polar surface area (TPSA) is 82.2 Å². The minimum absolute atomic E-state index is 0.00288. The van der Waals surface area contributed by atoms with Crippen molar-refractivity contribution in [3.8, 4) is 0 Å². The second-order valence-corrected chi connectivity index (χ2v) is 12.1. The zero-order valence-corrected chi connectivity index (χ0v) is 22.8. The van der Waals surface area contributed by atoms with Gasteiger partial charge in [0.25, 0.3) is 0 Å².